The Morgan fingerprint density at radius 2 is 1.93 bits per heavy atom. The average molecular weight is 402 g/mol. The van der Waals surface area contributed by atoms with E-state index in [1.54, 1.807) is 0 Å². The van der Waals surface area contributed by atoms with Crippen LogP contribution in [0.3, 0.4) is 0 Å². The minimum absolute atomic E-state index is 0.0804. The highest BCUT2D eigenvalue weighted by molar-refractivity contribution is 7.99. The first-order valence-electron chi connectivity index (χ1n) is 8.39. The van der Waals surface area contributed by atoms with Crippen LogP contribution in [0.25, 0.3) is 0 Å². The molecule has 0 radical (unpaired) electrons. The molecule has 27 heavy (non-hydrogen) atoms. The van der Waals surface area contributed by atoms with Gasteiger partial charge in [-0.05, 0) is 36.8 Å². The molecule has 140 valence electrons. The van der Waals surface area contributed by atoms with Gasteiger partial charge in [0.25, 0.3) is 0 Å². The fraction of sp³-hybridized carbons (Fsp3) is 0.211. The summed E-state index contributed by atoms with van der Waals surface area (Å²) in [6.45, 7) is 2.48. The quantitative estimate of drug-likeness (QED) is 0.582. The lowest BCUT2D eigenvalue weighted by Crippen LogP contribution is -2.14. The number of anilines is 2. The van der Waals surface area contributed by atoms with Crippen molar-refractivity contribution in [3.05, 3.63) is 64.9 Å². The molecule has 0 aliphatic rings. The van der Waals surface area contributed by atoms with Gasteiger partial charge in [-0.3, -0.25) is 4.79 Å². The summed E-state index contributed by atoms with van der Waals surface area (Å²) < 4.78 is 1.88. The van der Waals surface area contributed by atoms with Gasteiger partial charge in [-0.15, -0.1) is 10.2 Å². The highest BCUT2D eigenvalue weighted by Gasteiger charge is 2.11. The molecule has 3 aromatic rings. The fourth-order valence-corrected chi connectivity index (χ4v) is 3.27. The molecule has 3 rings (SSSR count). The summed E-state index contributed by atoms with van der Waals surface area (Å²) in [5.41, 5.74) is 2.74. The Morgan fingerprint density at radius 1 is 1.15 bits per heavy atom. The molecule has 0 spiro atoms. The predicted octanol–water partition coefficient (Wildman–Crippen LogP) is 4.12. The number of aromatic nitrogens is 3. The van der Waals surface area contributed by atoms with Gasteiger partial charge in [-0.1, -0.05) is 47.6 Å². The number of nitrogens with one attached hydrogen (secondary N) is 2. The minimum Gasteiger partial charge on any atom is -0.378 e. The van der Waals surface area contributed by atoms with Gasteiger partial charge in [0.05, 0.1) is 12.3 Å². The maximum atomic E-state index is 12.1. The van der Waals surface area contributed by atoms with Crippen molar-refractivity contribution in [2.45, 2.75) is 18.6 Å². The van der Waals surface area contributed by atoms with Crippen LogP contribution in [0, 0.1) is 6.92 Å². The van der Waals surface area contributed by atoms with Crippen LogP contribution in [0.5, 0.6) is 0 Å². The number of carbonyl (C=O) groups is 1. The van der Waals surface area contributed by atoms with E-state index in [9.17, 15) is 4.79 Å². The van der Waals surface area contributed by atoms with Gasteiger partial charge in [0.15, 0.2) is 11.0 Å². The van der Waals surface area contributed by atoms with E-state index in [-0.39, 0.29) is 11.7 Å². The predicted molar refractivity (Wildman–Crippen MR) is 110 cm³/mol. The number of hydrogen-bond acceptors (Lipinski definition) is 5. The highest BCUT2D eigenvalue weighted by atomic mass is 35.5. The van der Waals surface area contributed by atoms with Gasteiger partial charge >= 0.3 is 0 Å². The fourth-order valence-electron chi connectivity index (χ4n) is 2.36. The molecule has 6 nitrogen and oxygen atoms in total. The van der Waals surface area contributed by atoms with E-state index in [2.05, 4.69) is 20.8 Å². The monoisotopic (exact) mass is 401 g/mol. The molecule has 0 aliphatic heterocycles. The van der Waals surface area contributed by atoms with Crippen molar-refractivity contribution in [1.82, 2.24) is 14.8 Å². The summed E-state index contributed by atoms with van der Waals surface area (Å²) >= 11 is 7.50. The highest BCUT2D eigenvalue weighted by Crippen LogP contribution is 2.21. The lowest BCUT2D eigenvalue weighted by atomic mass is 10.2. The maximum Gasteiger partial charge on any atom is 0.234 e. The van der Waals surface area contributed by atoms with Crippen molar-refractivity contribution < 1.29 is 4.79 Å². The number of hydrogen-bond donors (Lipinski definition) is 2. The van der Waals surface area contributed by atoms with Crippen LogP contribution < -0.4 is 10.6 Å². The Morgan fingerprint density at radius 3 is 2.67 bits per heavy atom. The summed E-state index contributed by atoms with van der Waals surface area (Å²) in [5.74, 6) is 0.961. The first-order chi connectivity index (χ1) is 13.0. The smallest absolute Gasteiger partial charge is 0.234 e. The molecule has 0 saturated heterocycles. The van der Waals surface area contributed by atoms with Crippen molar-refractivity contribution in [2.75, 3.05) is 16.4 Å². The number of rotatable bonds is 7. The molecule has 2 N–H and O–H groups in total. The average Bonchev–Trinajstić information content (AvgIpc) is 3.01. The largest absolute Gasteiger partial charge is 0.378 e. The Balaban J connectivity index is 1.53. The number of nitrogens with zero attached hydrogens (tertiary/aromatic N) is 3. The molecule has 1 aromatic heterocycles. The first-order valence-corrected chi connectivity index (χ1v) is 9.75. The number of para-hydroxylation sites is 1. The van der Waals surface area contributed by atoms with Crippen LogP contribution in [-0.4, -0.2) is 26.4 Å². The second-order valence-corrected chi connectivity index (χ2v) is 7.33. The summed E-state index contributed by atoms with van der Waals surface area (Å²) in [6, 6.07) is 15.2. The summed E-state index contributed by atoms with van der Waals surface area (Å²) in [7, 11) is 1.89. The molecule has 2 aromatic carbocycles. The first kappa shape index (κ1) is 19.3. The molecular formula is C19H20ClN5OS. The number of benzene rings is 2. The van der Waals surface area contributed by atoms with Gasteiger partial charge in [-0.25, -0.2) is 0 Å². The molecule has 0 bridgehead atoms. The van der Waals surface area contributed by atoms with Gasteiger partial charge in [-0.2, -0.15) is 0 Å². The van der Waals surface area contributed by atoms with E-state index in [4.69, 9.17) is 11.6 Å². The zero-order chi connectivity index (χ0) is 19.2. The van der Waals surface area contributed by atoms with Crippen LogP contribution in [-0.2, 0) is 18.4 Å². The normalized spacial score (nSPS) is 10.6. The molecule has 0 unspecified atom stereocenters. The molecule has 8 heteroatoms. The zero-order valence-electron chi connectivity index (χ0n) is 15.1. The molecular weight excluding hydrogens is 382 g/mol. The topological polar surface area (TPSA) is 71.8 Å². The maximum absolute atomic E-state index is 12.1. The van der Waals surface area contributed by atoms with Crippen molar-refractivity contribution >= 4 is 40.6 Å². The second-order valence-electron chi connectivity index (χ2n) is 5.98. The Hall–Kier alpha value is -2.51. The van der Waals surface area contributed by atoms with Gasteiger partial charge < -0.3 is 15.2 Å². The lowest BCUT2D eigenvalue weighted by molar-refractivity contribution is -0.113. The zero-order valence-corrected chi connectivity index (χ0v) is 16.6. The van der Waals surface area contributed by atoms with E-state index in [0.717, 1.165) is 27.8 Å². The molecule has 0 fully saturated rings. The van der Waals surface area contributed by atoms with E-state index in [0.29, 0.717) is 11.7 Å². The molecule has 1 heterocycles. The van der Waals surface area contributed by atoms with Crippen LogP contribution >= 0.6 is 23.4 Å². The molecule has 1 amide bonds. The number of amides is 1. The van der Waals surface area contributed by atoms with Crippen LogP contribution in [0.2, 0.25) is 5.02 Å². The third-order valence-electron chi connectivity index (χ3n) is 3.94. The SMILES string of the molecule is Cc1ccc(NCc2nnc(SCC(=O)Nc3ccccc3)n2C)cc1Cl. The van der Waals surface area contributed by atoms with Gasteiger partial charge in [0.2, 0.25) is 5.91 Å². The van der Waals surface area contributed by atoms with Crippen molar-refractivity contribution in [1.29, 1.82) is 0 Å². The van der Waals surface area contributed by atoms with Crippen molar-refractivity contribution in [3.8, 4) is 0 Å². The number of carbonyl (C=O) groups excluding carboxylic acids is 1. The molecule has 0 aliphatic carbocycles. The van der Waals surface area contributed by atoms with Crippen LogP contribution in [0.15, 0.2) is 53.7 Å². The molecule has 0 saturated carbocycles. The van der Waals surface area contributed by atoms with Crippen molar-refractivity contribution in [2.24, 2.45) is 7.05 Å². The van der Waals surface area contributed by atoms with E-state index in [1.807, 2.05) is 67.1 Å². The van der Waals surface area contributed by atoms with E-state index >= 15 is 0 Å². The third kappa shape index (κ3) is 5.24. The summed E-state index contributed by atoms with van der Waals surface area (Å²) in [5, 5.41) is 15.9. The Bertz CT molecular complexity index is 929. The summed E-state index contributed by atoms with van der Waals surface area (Å²) in [4.78, 5) is 12.1. The standard InChI is InChI=1S/C19H20ClN5OS/c1-13-8-9-15(10-16(13)20)21-11-17-23-24-19(25(17)2)27-12-18(26)22-14-6-4-3-5-7-14/h3-10,21H,11-12H2,1-2H3,(H,22,26). The Kier molecular flexibility index (Phi) is 6.36. The third-order valence-corrected chi connectivity index (χ3v) is 5.36. The Labute approximate surface area is 167 Å². The molecule has 0 atom stereocenters. The van der Waals surface area contributed by atoms with Crippen LogP contribution in [0.4, 0.5) is 11.4 Å². The number of aryl methyl sites for hydroxylation is 1. The second kappa shape index (κ2) is 8.92. The number of halogens is 1. The number of thioether (sulfide) groups is 1. The lowest BCUT2D eigenvalue weighted by Gasteiger charge is -2.08. The van der Waals surface area contributed by atoms with Gasteiger partial charge in [0.1, 0.15) is 0 Å². The minimum atomic E-state index is -0.0804. The van der Waals surface area contributed by atoms with Crippen molar-refractivity contribution in [3.63, 3.8) is 0 Å². The van der Waals surface area contributed by atoms with Crippen LogP contribution in [0.1, 0.15) is 11.4 Å². The summed E-state index contributed by atoms with van der Waals surface area (Å²) in [6.07, 6.45) is 0. The van der Waals surface area contributed by atoms with E-state index in [1.165, 1.54) is 11.8 Å². The van der Waals surface area contributed by atoms with Gasteiger partial charge in [0, 0.05) is 23.4 Å². The van der Waals surface area contributed by atoms with E-state index < -0.39 is 0 Å².